The average Bonchev–Trinajstić information content (AvgIpc) is 2.30. The molecular formula is C15H28N4. The summed E-state index contributed by atoms with van der Waals surface area (Å²) in [4.78, 5) is 9.15. The van der Waals surface area contributed by atoms with E-state index in [2.05, 4.69) is 48.8 Å². The first-order chi connectivity index (χ1) is 8.95. The lowest BCUT2D eigenvalue weighted by atomic mass is 10.1. The maximum atomic E-state index is 5.94. The summed E-state index contributed by atoms with van der Waals surface area (Å²) in [7, 11) is 4.21. The summed E-state index contributed by atoms with van der Waals surface area (Å²) in [5, 5.41) is 0. The highest BCUT2D eigenvalue weighted by atomic mass is 15.2. The van der Waals surface area contributed by atoms with Crippen LogP contribution in [0.2, 0.25) is 0 Å². The largest absolute Gasteiger partial charge is 0.353 e. The molecule has 0 aliphatic heterocycles. The van der Waals surface area contributed by atoms with Crippen LogP contribution < -0.4 is 10.6 Å². The highest BCUT2D eigenvalue weighted by molar-refractivity contribution is 5.48. The number of likely N-dealkylation sites (N-methyl/N-ethyl adjacent to an activating group) is 2. The maximum Gasteiger partial charge on any atom is 0.132 e. The van der Waals surface area contributed by atoms with Gasteiger partial charge in [0.25, 0.3) is 0 Å². The maximum absolute atomic E-state index is 5.94. The lowest BCUT2D eigenvalue weighted by Gasteiger charge is -2.32. The van der Waals surface area contributed by atoms with E-state index in [1.165, 1.54) is 5.56 Å². The van der Waals surface area contributed by atoms with Gasteiger partial charge in [-0.15, -0.1) is 0 Å². The fraction of sp³-hybridized carbons (Fsp3) is 0.667. The third-order valence-electron chi connectivity index (χ3n) is 3.18. The first-order valence-electron chi connectivity index (χ1n) is 7.06. The molecule has 0 saturated carbocycles. The van der Waals surface area contributed by atoms with Crippen LogP contribution in [0.5, 0.6) is 0 Å². The number of pyridine rings is 1. The zero-order chi connectivity index (χ0) is 14.4. The topological polar surface area (TPSA) is 45.4 Å². The Balaban J connectivity index is 2.97. The van der Waals surface area contributed by atoms with Gasteiger partial charge in [-0.3, -0.25) is 0 Å². The molecule has 108 valence electrons. The van der Waals surface area contributed by atoms with Gasteiger partial charge in [-0.05, 0) is 52.9 Å². The molecule has 0 aliphatic carbocycles. The second-order valence-corrected chi connectivity index (χ2v) is 5.56. The molecule has 2 N–H and O–H groups in total. The summed E-state index contributed by atoms with van der Waals surface area (Å²) in [6.07, 6.45) is 2.74. The number of anilines is 1. The predicted octanol–water partition coefficient (Wildman–Crippen LogP) is 1.75. The summed E-state index contributed by atoms with van der Waals surface area (Å²) >= 11 is 0. The molecule has 1 aromatic heterocycles. The van der Waals surface area contributed by atoms with Crippen molar-refractivity contribution in [2.45, 2.75) is 39.3 Å². The Morgan fingerprint density at radius 1 is 1.32 bits per heavy atom. The van der Waals surface area contributed by atoms with E-state index in [0.717, 1.165) is 25.3 Å². The smallest absolute Gasteiger partial charge is 0.132 e. The third-order valence-corrected chi connectivity index (χ3v) is 3.18. The monoisotopic (exact) mass is 264 g/mol. The van der Waals surface area contributed by atoms with E-state index >= 15 is 0 Å². The Hall–Kier alpha value is -1.13. The Bertz CT molecular complexity index is 376. The molecule has 2 atom stereocenters. The Morgan fingerprint density at radius 2 is 2.00 bits per heavy atom. The van der Waals surface area contributed by atoms with E-state index < -0.39 is 0 Å². The van der Waals surface area contributed by atoms with E-state index in [1.54, 1.807) is 0 Å². The van der Waals surface area contributed by atoms with Gasteiger partial charge in [0.2, 0.25) is 0 Å². The Kier molecular flexibility index (Phi) is 6.25. The standard InChI is InChI=1S/C15H28N4/c1-6-19(13(3)11-18(4)5)15-14(10-12(2)16)8-7-9-17-15/h7-9,12-13H,6,10-11,16H2,1-5H3. The van der Waals surface area contributed by atoms with E-state index in [0.29, 0.717) is 6.04 Å². The molecule has 19 heavy (non-hydrogen) atoms. The summed E-state index contributed by atoms with van der Waals surface area (Å²) in [5.74, 6) is 1.08. The van der Waals surface area contributed by atoms with Gasteiger partial charge in [-0.2, -0.15) is 0 Å². The van der Waals surface area contributed by atoms with Gasteiger partial charge in [-0.25, -0.2) is 4.98 Å². The Morgan fingerprint density at radius 3 is 2.53 bits per heavy atom. The second kappa shape index (κ2) is 7.46. The summed E-state index contributed by atoms with van der Waals surface area (Å²) in [5.41, 5.74) is 7.18. The SMILES string of the molecule is CCN(c1ncccc1CC(C)N)C(C)CN(C)C. The molecule has 2 unspecified atom stereocenters. The Labute approximate surface area is 117 Å². The molecule has 0 aliphatic rings. The van der Waals surface area contributed by atoms with Crippen molar-refractivity contribution < 1.29 is 0 Å². The minimum Gasteiger partial charge on any atom is -0.353 e. The van der Waals surface area contributed by atoms with Crippen LogP contribution in [0.4, 0.5) is 5.82 Å². The molecule has 0 bridgehead atoms. The number of hydrogen-bond donors (Lipinski definition) is 1. The molecule has 0 aromatic carbocycles. The van der Waals surface area contributed by atoms with E-state index in [-0.39, 0.29) is 6.04 Å². The van der Waals surface area contributed by atoms with Gasteiger partial charge in [0.1, 0.15) is 5.82 Å². The predicted molar refractivity (Wildman–Crippen MR) is 82.6 cm³/mol. The molecule has 0 amide bonds. The van der Waals surface area contributed by atoms with Crippen molar-refractivity contribution in [2.24, 2.45) is 5.73 Å². The minimum atomic E-state index is 0.158. The van der Waals surface area contributed by atoms with Crippen molar-refractivity contribution in [1.29, 1.82) is 0 Å². The molecule has 1 aromatic rings. The van der Waals surface area contributed by atoms with Crippen molar-refractivity contribution in [1.82, 2.24) is 9.88 Å². The fourth-order valence-corrected chi connectivity index (χ4v) is 2.49. The van der Waals surface area contributed by atoms with Crippen LogP contribution in [0.25, 0.3) is 0 Å². The zero-order valence-corrected chi connectivity index (χ0v) is 12.9. The van der Waals surface area contributed by atoms with Crippen molar-refractivity contribution in [2.75, 3.05) is 32.1 Å². The number of nitrogens with zero attached hydrogens (tertiary/aromatic N) is 3. The highest BCUT2D eigenvalue weighted by Crippen LogP contribution is 2.20. The molecule has 1 heterocycles. The van der Waals surface area contributed by atoms with Crippen molar-refractivity contribution >= 4 is 5.82 Å². The van der Waals surface area contributed by atoms with Gasteiger partial charge in [-0.1, -0.05) is 6.07 Å². The first kappa shape index (κ1) is 15.9. The van der Waals surface area contributed by atoms with E-state index in [9.17, 15) is 0 Å². The molecular weight excluding hydrogens is 236 g/mol. The number of nitrogens with two attached hydrogens (primary N) is 1. The van der Waals surface area contributed by atoms with Crippen LogP contribution in [-0.2, 0) is 6.42 Å². The number of aromatic nitrogens is 1. The van der Waals surface area contributed by atoms with Crippen LogP contribution >= 0.6 is 0 Å². The minimum absolute atomic E-state index is 0.158. The van der Waals surface area contributed by atoms with Crippen LogP contribution in [0.15, 0.2) is 18.3 Å². The summed E-state index contributed by atoms with van der Waals surface area (Å²) in [6.45, 7) is 8.43. The number of hydrogen-bond acceptors (Lipinski definition) is 4. The molecule has 4 nitrogen and oxygen atoms in total. The van der Waals surface area contributed by atoms with Gasteiger partial charge in [0.15, 0.2) is 0 Å². The van der Waals surface area contributed by atoms with Crippen LogP contribution in [0.3, 0.4) is 0 Å². The van der Waals surface area contributed by atoms with Gasteiger partial charge >= 0.3 is 0 Å². The highest BCUT2D eigenvalue weighted by Gasteiger charge is 2.18. The molecule has 4 heteroatoms. The van der Waals surface area contributed by atoms with E-state index in [4.69, 9.17) is 5.73 Å². The molecule has 1 rings (SSSR count). The molecule has 0 saturated heterocycles. The van der Waals surface area contributed by atoms with Crippen molar-refractivity contribution in [3.63, 3.8) is 0 Å². The molecule has 0 spiro atoms. The molecule has 0 fully saturated rings. The average molecular weight is 264 g/mol. The third kappa shape index (κ3) is 4.80. The number of rotatable bonds is 7. The first-order valence-corrected chi connectivity index (χ1v) is 7.06. The van der Waals surface area contributed by atoms with Crippen LogP contribution in [0, 0.1) is 0 Å². The van der Waals surface area contributed by atoms with Crippen molar-refractivity contribution in [3.05, 3.63) is 23.9 Å². The summed E-state index contributed by atoms with van der Waals surface area (Å²) < 4.78 is 0. The molecule has 0 radical (unpaired) electrons. The lowest BCUT2D eigenvalue weighted by molar-refractivity contribution is 0.372. The quantitative estimate of drug-likeness (QED) is 0.815. The normalized spacial score (nSPS) is 14.5. The summed E-state index contributed by atoms with van der Waals surface area (Å²) in [6, 6.07) is 4.72. The van der Waals surface area contributed by atoms with Crippen LogP contribution in [-0.4, -0.2) is 49.2 Å². The zero-order valence-electron chi connectivity index (χ0n) is 12.9. The van der Waals surface area contributed by atoms with Crippen molar-refractivity contribution in [3.8, 4) is 0 Å². The van der Waals surface area contributed by atoms with Crippen LogP contribution in [0.1, 0.15) is 26.3 Å². The lowest BCUT2D eigenvalue weighted by Crippen LogP contribution is -2.41. The fourth-order valence-electron chi connectivity index (χ4n) is 2.49. The van der Waals surface area contributed by atoms with Gasteiger partial charge in [0.05, 0.1) is 0 Å². The van der Waals surface area contributed by atoms with Gasteiger partial charge in [0, 0.05) is 31.4 Å². The second-order valence-electron chi connectivity index (χ2n) is 5.56. The van der Waals surface area contributed by atoms with Gasteiger partial charge < -0.3 is 15.5 Å². The van der Waals surface area contributed by atoms with E-state index in [1.807, 2.05) is 19.2 Å².